The third kappa shape index (κ3) is 2.00. The molecular weight excluding hydrogens is 254 g/mol. The topological polar surface area (TPSA) is 77.2 Å². The summed E-state index contributed by atoms with van der Waals surface area (Å²) in [6.07, 6.45) is 2.82. The van der Waals surface area contributed by atoms with Gasteiger partial charge in [0.25, 0.3) is 0 Å². The molecule has 0 radical (unpaired) electrons. The minimum absolute atomic E-state index is 0.357. The molecule has 0 bridgehead atoms. The van der Waals surface area contributed by atoms with E-state index in [0.717, 1.165) is 6.42 Å². The molecule has 1 atom stereocenters. The summed E-state index contributed by atoms with van der Waals surface area (Å²) in [7, 11) is 0. The summed E-state index contributed by atoms with van der Waals surface area (Å²) in [5.74, 6) is -0.463. The second kappa shape index (κ2) is 4.83. The molecule has 2 heterocycles. The lowest BCUT2D eigenvalue weighted by Gasteiger charge is -2.24. The molecule has 0 spiro atoms. The fourth-order valence-corrected chi connectivity index (χ4v) is 2.34. The molecular formula is C12H12ClN3O2. The number of rotatable bonds is 2. The van der Waals surface area contributed by atoms with E-state index >= 15 is 0 Å². The molecule has 1 aromatic rings. The Morgan fingerprint density at radius 1 is 1.72 bits per heavy atom. The Balaban J connectivity index is 2.49. The van der Waals surface area contributed by atoms with Crippen LogP contribution in [0.4, 0.5) is 5.82 Å². The summed E-state index contributed by atoms with van der Waals surface area (Å²) in [5.41, 5.74) is 0.996. The Morgan fingerprint density at radius 3 is 3.06 bits per heavy atom. The first-order chi connectivity index (χ1) is 8.56. The van der Waals surface area contributed by atoms with Crippen LogP contribution in [0.3, 0.4) is 0 Å². The van der Waals surface area contributed by atoms with Crippen LogP contribution in [0.15, 0.2) is 6.20 Å². The van der Waals surface area contributed by atoms with Gasteiger partial charge in [-0.3, -0.25) is 0 Å². The van der Waals surface area contributed by atoms with Crippen LogP contribution in [0.25, 0.3) is 0 Å². The zero-order valence-corrected chi connectivity index (χ0v) is 10.6. The number of anilines is 1. The van der Waals surface area contributed by atoms with Crippen LogP contribution in [0.2, 0.25) is 5.02 Å². The van der Waals surface area contributed by atoms with Crippen LogP contribution >= 0.6 is 11.6 Å². The molecule has 0 saturated carbocycles. The standard InChI is InChI=1S/C12H12ClN3O2/c1-7-8(5-14)11(15-6-9(7)13)16-4-2-3-10(16)12(17)18/h6,10H,2-4H2,1H3,(H,17,18). The van der Waals surface area contributed by atoms with Gasteiger partial charge in [0.2, 0.25) is 0 Å². The number of carboxylic acid groups (broad SMARTS) is 1. The minimum atomic E-state index is -0.884. The van der Waals surface area contributed by atoms with Crippen molar-refractivity contribution in [1.82, 2.24) is 4.98 Å². The molecule has 1 fully saturated rings. The van der Waals surface area contributed by atoms with Gasteiger partial charge >= 0.3 is 5.97 Å². The fourth-order valence-electron chi connectivity index (χ4n) is 2.19. The molecule has 1 aromatic heterocycles. The van der Waals surface area contributed by atoms with Gasteiger partial charge in [-0.2, -0.15) is 5.26 Å². The number of carboxylic acids is 1. The lowest BCUT2D eigenvalue weighted by molar-refractivity contribution is -0.138. The molecule has 18 heavy (non-hydrogen) atoms. The van der Waals surface area contributed by atoms with Crippen molar-refractivity contribution in [2.45, 2.75) is 25.8 Å². The highest BCUT2D eigenvalue weighted by atomic mass is 35.5. The molecule has 94 valence electrons. The van der Waals surface area contributed by atoms with Crippen molar-refractivity contribution in [3.8, 4) is 6.07 Å². The Bertz CT molecular complexity index is 539. The van der Waals surface area contributed by atoms with Crippen molar-refractivity contribution in [2.75, 3.05) is 11.4 Å². The normalized spacial score (nSPS) is 18.7. The fraction of sp³-hybridized carbons (Fsp3) is 0.417. The number of hydrogen-bond donors (Lipinski definition) is 1. The van der Waals surface area contributed by atoms with Gasteiger partial charge in [-0.05, 0) is 25.3 Å². The summed E-state index contributed by atoms with van der Waals surface area (Å²) >= 11 is 5.92. The van der Waals surface area contributed by atoms with Gasteiger partial charge in [-0.25, -0.2) is 9.78 Å². The Kier molecular flexibility index (Phi) is 3.39. The van der Waals surface area contributed by atoms with Gasteiger partial charge in [0.05, 0.1) is 10.6 Å². The first-order valence-electron chi connectivity index (χ1n) is 5.61. The highest BCUT2D eigenvalue weighted by molar-refractivity contribution is 6.31. The lowest BCUT2D eigenvalue weighted by Crippen LogP contribution is -2.37. The first kappa shape index (κ1) is 12.7. The molecule has 0 aromatic carbocycles. The monoisotopic (exact) mass is 265 g/mol. The molecule has 6 heteroatoms. The highest BCUT2D eigenvalue weighted by Gasteiger charge is 2.33. The Labute approximate surface area is 110 Å². The smallest absolute Gasteiger partial charge is 0.326 e. The van der Waals surface area contributed by atoms with Gasteiger partial charge in [-0.15, -0.1) is 0 Å². The van der Waals surface area contributed by atoms with Crippen molar-refractivity contribution in [2.24, 2.45) is 0 Å². The van der Waals surface area contributed by atoms with Crippen molar-refractivity contribution in [3.05, 3.63) is 22.3 Å². The van der Waals surface area contributed by atoms with Crippen LogP contribution in [0.5, 0.6) is 0 Å². The maximum absolute atomic E-state index is 11.2. The number of hydrogen-bond acceptors (Lipinski definition) is 4. The summed E-state index contributed by atoms with van der Waals surface area (Å²) in [6.45, 7) is 2.33. The zero-order chi connectivity index (χ0) is 13.3. The number of halogens is 1. The van der Waals surface area contributed by atoms with Crippen molar-refractivity contribution in [1.29, 1.82) is 5.26 Å². The van der Waals surface area contributed by atoms with E-state index < -0.39 is 12.0 Å². The van der Waals surface area contributed by atoms with Gasteiger partial charge in [-0.1, -0.05) is 11.6 Å². The van der Waals surface area contributed by atoms with Crippen molar-refractivity contribution >= 4 is 23.4 Å². The van der Waals surface area contributed by atoms with Crippen molar-refractivity contribution < 1.29 is 9.90 Å². The Hall–Kier alpha value is -1.80. The number of aliphatic carboxylic acids is 1. The predicted octanol–water partition coefficient (Wildman–Crippen LogP) is 1.97. The van der Waals surface area contributed by atoms with E-state index in [1.54, 1.807) is 11.8 Å². The van der Waals surface area contributed by atoms with E-state index in [1.165, 1.54) is 6.20 Å². The number of nitrogens with zero attached hydrogens (tertiary/aromatic N) is 3. The molecule has 1 unspecified atom stereocenters. The van der Waals surface area contributed by atoms with Gasteiger partial charge in [0.15, 0.2) is 0 Å². The maximum Gasteiger partial charge on any atom is 0.326 e. The van der Waals surface area contributed by atoms with Crippen molar-refractivity contribution in [3.63, 3.8) is 0 Å². The zero-order valence-electron chi connectivity index (χ0n) is 9.85. The maximum atomic E-state index is 11.2. The Morgan fingerprint density at radius 2 is 2.44 bits per heavy atom. The second-order valence-electron chi connectivity index (χ2n) is 4.23. The average Bonchev–Trinajstić information content (AvgIpc) is 2.81. The van der Waals surface area contributed by atoms with Crippen LogP contribution in [-0.2, 0) is 4.79 Å². The van der Waals surface area contributed by atoms with E-state index in [-0.39, 0.29) is 0 Å². The molecule has 0 aliphatic carbocycles. The first-order valence-corrected chi connectivity index (χ1v) is 5.98. The third-order valence-electron chi connectivity index (χ3n) is 3.18. The van der Waals surface area contributed by atoms with Gasteiger partial charge in [0.1, 0.15) is 17.9 Å². The molecule has 2 rings (SSSR count). The summed E-state index contributed by atoms with van der Waals surface area (Å²) < 4.78 is 0. The molecule has 1 N–H and O–H groups in total. The predicted molar refractivity (Wildman–Crippen MR) is 66.7 cm³/mol. The minimum Gasteiger partial charge on any atom is -0.480 e. The van der Waals surface area contributed by atoms with E-state index in [1.807, 2.05) is 0 Å². The average molecular weight is 266 g/mol. The van der Waals surface area contributed by atoms with E-state index in [2.05, 4.69) is 11.1 Å². The SMILES string of the molecule is Cc1c(Cl)cnc(N2CCCC2C(=O)O)c1C#N. The lowest BCUT2D eigenvalue weighted by atomic mass is 10.1. The van der Waals surface area contributed by atoms with Crippen LogP contribution in [0, 0.1) is 18.3 Å². The van der Waals surface area contributed by atoms with Crippen LogP contribution in [0.1, 0.15) is 24.0 Å². The van der Waals surface area contributed by atoms with Crippen LogP contribution < -0.4 is 4.90 Å². The molecule has 0 amide bonds. The second-order valence-corrected chi connectivity index (χ2v) is 4.64. The molecule has 1 aliphatic heterocycles. The molecule has 1 aliphatic rings. The van der Waals surface area contributed by atoms with E-state index in [4.69, 9.17) is 16.7 Å². The largest absolute Gasteiger partial charge is 0.480 e. The molecule has 5 nitrogen and oxygen atoms in total. The summed E-state index contributed by atoms with van der Waals surface area (Å²) in [4.78, 5) is 17.0. The van der Waals surface area contributed by atoms with Gasteiger partial charge in [0, 0.05) is 12.7 Å². The quantitative estimate of drug-likeness (QED) is 0.885. The number of aromatic nitrogens is 1. The van der Waals surface area contributed by atoms with E-state index in [0.29, 0.717) is 34.9 Å². The number of carbonyl (C=O) groups is 1. The third-order valence-corrected chi connectivity index (χ3v) is 3.56. The van der Waals surface area contributed by atoms with Crippen LogP contribution in [-0.4, -0.2) is 28.6 Å². The highest BCUT2D eigenvalue weighted by Crippen LogP contribution is 2.30. The molecule has 1 saturated heterocycles. The summed E-state index contributed by atoms with van der Waals surface area (Å²) in [5, 5.41) is 18.8. The van der Waals surface area contributed by atoms with E-state index in [9.17, 15) is 10.1 Å². The number of nitriles is 1. The number of pyridine rings is 1. The van der Waals surface area contributed by atoms with Gasteiger partial charge < -0.3 is 10.0 Å². The summed E-state index contributed by atoms with van der Waals surface area (Å²) in [6, 6.07) is 1.45.